The molecule has 0 radical (unpaired) electrons. The van der Waals surface area contributed by atoms with E-state index in [-0.39, 0.29) is 0 Å². The van der Waals surface area contributed by atoms with E-state index in [2.05, 4.69) is 52.6 Å². The number of benzene rings is 2. The highest BCUT2D eigenvalue weighted by Crippen LogP contribution is 2.28. The fourth-order valence-corrected chi connectivity index (χ4v) is 2.23. The highest BCUT2D eigenvalue weighted by molar-refractivity contribution is 14.1. The molecule has 0 atom stereocenters. The van der Waals surface area contributed by atoms with Gasteiger partial charge in [-0.25, -0.2) is 0 Å². The van der Waals surface area contributed by atoms with Crippen molar-refractivity contribution >= 4 is 28.3 Å². The summed E-state index contributed by atoms with van der Waals surface area (Å²) in [5, 5.41) is 0. The van der Waals surface area contributed by atoms with E-state index in [0.29, 0.717) is 0 Å². The van der Waals surface area contributed by atoms with Crippen molar-refractivity contribution in [3.8, 4) is 11.5 Å². The number of halogens is 1. The van der Waals surface area contributed by atoms with Crippen molar-refractivity contribution in [3.63, 3.8) is 0 Å². The molecule has 0 aliphatic rings. The fraction of sp³-hybridized carbons (Fsp3) is 0.200. The first kappa shape index (κ1) is 13.2. The van der Waals surface area contributed by atoms with Crippen LogP contribution in [0, 0.1) is 10.5 Å². The number of hydrogen-bond acceptors (Lipinski definition) is 2. The normalized spacial score (nSPS) is 10.2. The zero-order valence-electron chi connectivity index (χ0n) is 10.8. The Kier molecular flexibility index (Phi) is 4.11. The van der Waals surface area contributed by atoms with Gasteiger partial charge in [-0.15, -0.1) is 0 Å². The molecular formula is C15H16INO. The van der Waals surface area contributed by atoms with Crippen LogP contribution in [0.4, 0.5) is 5.69 Å². The molecule has 0 bridgehead atoms. The number of hydrogen-bond donors (Lipinski definition) is 0. The van der Waals surface area contributed by atoms with Crippen LogP contribution in [0.25, 0.3) is 0 Å². The number of aryl methyl sites for hydroxylation is 1. The molecule has 3 heteroatoms. The van der Waals surface area contributed by atoms with Gasteiger partial charge < -0.3 is 9.64 Å². The molecule has 94 valence electrons. The molecule has 0 fully saturated rings. The van der Waals surface area contributed by atoms with E-state index >= 15 is 0 Å². The SMILES string of the molecule is Cc1ccc(Oc2cc(I)cc(N(C)C)c2)cc1. The van der Waals surface area contributed by atoms with Crippen LogP contribution < -0.4 is 9.64 Å². The van der Waals surface area contributed by atoms with E-state index in [1.54, 1.807) is 0 Å². The van der Waals surface area contributed by atoms with Crippen LogP contribution in [0.5, 0.6) is 11.5 Å². The molecule has 0 aromatic heterocycles. The van der Waals surface area contributed by atoms with Crippen molar-refractivity contribution in [3.05, 3.63) is 51.6 Å². The minimum absolute atomic E-state index is 0.868. The third-order valence-corrected chi connectivity index (χ3v) is 3.25. The third kappa shape index (κ3) is 3.38. The maximum Gasteiger partial charge on any atom is 0.130 e. The van der Waals surface area contributed by atoms with Crippen LogP contribution in [0.15, 0.2) is 42.5 Å². The first-order valence-electron chi connectivity index (χ1n) is 5.77. The summed E-state index contributed by atoms with van der Waals surface area (Å²) in [6, 6.07) is 14.3. The van der Waals surface area contributed by atoms with Crippen LogP contribution >= 0.6 is 22.6 Å². The highest BCUT2D eigenvalue weighted by atomic mass is 127. The minimum Gasteiger partial charge on any atom is -0.457 e. The minimum atomic E-state index is 0.868. The largest absolute Gasteiger partial charge is 0.457 e. The quantitative estimate of drug-likeness (QED) is 0.756. The van der Waals surface area contributed by atoms with Gasteiger partial charge in [0.15, 0.2) is 0 Å². The lowest BCUT2D eigenvalue weighted by atomic mass is 10.2. The summed E-state index contributed by atoms with van der Waals surface area (Å²) in [6.45, 7) is 2.07. The molecule has 0 aliphatic carbocycles. The zero-order chi connectivity index (χ0) is 13.1. The standard InChI is InChI=1S/C15H16INO/c1-11-4-6-14(7-5-11)18-15-9-12(16)8-13(10-15)17(2)3/h4-10H,1-3H3. The van der Waals surface area contributed by atoms with E-state index in [1.807, 2.05) is 38.4 Å². The molecule has 0 unspecified atom stereocenters. The molecule has 0 spiro atoms. The van der Waals surface area contributed by atoms with Gasteiger partial charge in [0.05, 0.1) is 0 Å². The fourth-order valence-electron chi connectivity index (χ4n) is 1.61. The van der Waals surface area contributed by atoms with Gasteiger partial charge in [-0.2, -0.15) is 0 Å². The van der Waals surface area contributed by atoms with Gasteiger partial charge in [-0.05, 0) is 53.8 Å². The predicted octanol–water partition coefficient (Wildman–Crippen LogP) is 4.46. The van der Waals surface area contributed by atoms with Gasteiger partial charge in [0.25, 0.3) is 0 Å². The van der Waals surface area contributed by atoms with E-state index in [9.17, 15) is 0 Å². The second-order valence-corrected chi connectivity index (χ2v) is 5.70. The summed E-state index contributed by atoms with van der Waals surface area (Å²) in [7, 11) is 4.06. The zero-order valence-corrected chi connectivity index (χ0v) is 12.9. The third-order valence-electron chi connectivity index (χ3n) is 2.63. The van der Waals surface area contributed by atoms with Crippen molar-refractivity contribution in [1.82, 2.24) is 0 Å². The molecule has 0 saturated heterocycles. The topological polar surface area (TPSA) is 12.5 Å². The molecule has 0 N–H and O–H groups in total. The maximum absolute atomic E-state index is 5.87. The van der Waals surface area contributed by atoms with Crippen molar-refractivity contribution < 1.29 is 4.74 Å². The van der Waals surface area contributed by atoms with Crippen LogP contribution in [-0.2, 0) is 0 Å². The van der Waals surface area contributed by atoms with Crippen molar-refractivity contribution in [2.24, 2.45) is 0 Å². The summed E-state index contributed by atoms with van der Waals surface area (Å²) in [6.07, 6.45) is 0. The van der Waals surface area contributed by atoms with Gasteiger partial charge in [0, 0.05) is 29.4 Å². The van der Waals surface area contributed by atoms with Crippen LogP contribution in [0.1, 0.15) is 5.56 Å². The molecule has 2 aromatic rings. The molecule has 2 aromatic carbocycles. The summed E-state index contributed by atoms with van der Waals surface area (Å²) < 4.78 is 7.04. The van der Waals surface area contributed by atoms with E-state index in [0.717, 1.165) is 17.2 Å². The van der Waals surface area contributed by atoms with Gasteiger partial charge >= 0.3 is 0 Å². The Bertz CT molecular complexity index is 535. The van der Waals surface area contributed by atoms with E-state index in [4.69, 9.17) is 4.74 Å². The Morgan fingerprint density at radius 1 is 0.944 bits per heavy atom. The molecular weight excluding hydrogens is 337 g/mol. The predicted molar refractivity (Wildman–Crippen MR) is 84.7 cm³/mol. The second-order valence-electron chi connectivity index (χ2n) is 4.45. The maximum atomic E-state index is 5.87. The van der Waals surface area contributed by atoms with Crippen molar-refractivity contribution in [2.75, 3.05) is 19.0 Å². The number of anilines is 1. The lowest BCUT2D eigenvalue weighted by Gasteiger charge is -2.15. The Labute approximate surface area is 122 Å². The summed E-state index contributed by atoms with van der Waals surface area (Å²) in [4.78, 5) is 2.07. The summed E-state index contributed by atoms with van der Waals surface area (Å²) in [5.74, 6) is 1.74. The molecule has 2 nitrogen and oxygen atoms in total. The van der Waals surface area contributed by atoms with Crippen LogP contribution in [0.2, 0.25) is 0 Å². The van der Waals surface area contributed by atoms with Gasteiger partial charge in [-0.3, -0.25) is 0 Å². The number of ether oxygens (including phenoxy) is 1. The molecule has 0 aliphatic heterocycles. The molecule has 0 amide bonds. The highest BCUT2D eigenvalue weighted by Gasteiger charge is 2.03. The molecule has 18 heavy (non-hydrogen) atoms. The van der Waals surface area contributed by atoms with E-state index in [1.165, 1.54) is 9.13 Å². The average molecular weight is 353 g/mol. The van der Waals surface area contributed by atoms with Gasteiger partial charge in [-0.1, -0.05) is 17.7 Å². The Morgan fingerprint density at radius 3 is 2.22 bits per heavy atom. The average Bonchev–Trinajstić information content (AvgIpc) is 2.31. The molecule has 2 rings (SSSR count). The Morgan fingerprint density at radius 2 is 1.61 bits per heavy atom. The molecule has 0 saturated carbocycles. The number of nitrogens with zero attached hydrogens (tertiary/aromatic N) is 1. The summed E-state index contributed by atoms with van der Waals surface area (Å²) >= 11 is 2.31. The van der Waals surface area contributed by atoms with E-state index < -0.39 is 0 Å². The summed E-state index contributed by atoms with van der Waals surface area (Å²) in [5.41, 5.74) is 2.38. The van der Waals surface area contributed by atoms with Crippen LogP contribution in [0.3, 0.4) is 0 Å². The van der Waals surface area contributed by atoms with Crippen LogP contribution in [-0.4, -0.2) is 14.1 Å². The Hall–Kier alpha value is -1.23. The first-order chi connectivity index (χ1) is 8.54. The monoisotopic (exact) mass is 353 g/mol. The smallest absolute Gasteiger partial charge is 0.130 e. The van der Waals surface area contributed by atoms with Crippen molar-refractivity contribution in [2.45, 2.75) is 6.92 Å². The van der Waals surface area contributed by atoms with Gasteiger partial charge in [0.1, 0.15) is 11.5 Å². The lowest BCUT2D eigenvalue weighted by molar-refractivity contribution is 0.482. The molecule has 0 heterocycles. The first-order valence-corrected chi connectivity index (χ1v) is 6.85. The number of rotatable bonds is 3. The lowest BCUT2D eigenvalue weighted by Crippen LogP contribution is -2.08. The second kappa shape index (κ2) is 5.61. The van der Waals surface area contributed by atoms with Gasteiger partial charge in [0.2, 0.25) is 0 Å². The Balaban J connectivity index is 2.26. The van der Waals surface area contributed by atoms with Crippen molar-refractivity contribution in [1.29, 1.82) is 0 Å².